The molecule has 1 saturated heterocycles. The minimum Gasteiger partial charge on any atom is -0.348 e. The molecule has 0 amide bonds. The Kier molecular flexibility index (Phi) is 3.03. The summed E-state index contributed by atoms with van der Waals surface area (Å²) in [5, 5.41) is 0. The molecule has 82 valence electrons. The van der Waals surface area contributed by atoms with Crippen LogP contribution in [0.25, 0.3) is 0 Å². The van der Waals surface area contributed by atoms with Gasteiger partial charge in [0.1, 0.15) is 0 Å². The molecule has 0 spiro atoms. The van der Waals surface area contributed by atoms with Gasteiger partial charge in [0, 0.05) is 12.4 Å². The van der Waals surface area contributed by atoms with Crippen LogP contribution in [0.3, 0.4) is 0 Å². The van der Waals surface area contributed by atoms with Crippen LogP contribution in [0.5, 0.6) is 0 Å². The molecule has 0 unspecified atom stereocenters. The van der Waals surface area contributed by atoms with Crippen molar-refractivity contribution in [3.05, 3.63) is 30.1 Å². The Morgan fingerprint density at radius 3 is 3.00 bits per heavy atom. The van der Waals surface area contributed by atoms with E-state index in [2.05, 4.69) is 11.1 Å². The van der Waals surface area contributed by atoms with Crippen molar-refractivity contribution < 1.29 is 9.47 Å². The first-order chi connectivity index (χ1) is 7.16. The molecule has 15 heavy (non-hydrogen) atoms. The number of ether oxygens (including phenoxy) is 2. The molecule has 1 aliphatic rings. The standard InChI is InChI=1S/C12H17NO2/c1-12(2)14-9-11(15-12)6-5-10-4-3-7-13-8-10/h3-4,7-8,11H,5-6,9H2,1-2H3/t11-/m1/s1. The second-order valence-corrected chi connectivity index (χ2v) is 4.35. The third-order valence-electron chi connectivity index (χ3n) is 2.55. The lowest BCUT2D eigenvalue weighted by Gasteiger charge is -2.16. The van der Waals surface area contributed by atoms with Crippen molar-refractivity contribution in [2.75, 3.05) is 6.61 Å². The summed E-state index contributed by atoms with van der Waals surface area (Å²) in [5.41, 5.74) is 1.26. The first-order valence-corrected chi connectivity index (χ1v) is 5.36. The van der Waals surface area contributed by atoms with Crippen LogP contribution in [0.4, 0.5) is 0 Å². The van der Waals surface area contributed by atoms with Crippen molar-refractivity contribution in [1.29, 1.82) is 0 Å². The molecule has 1 atom stereocenters. The number of hydrogen-bond donors (Lipinski definition) is 0. The van der Waals surface area contributed by atoms with E-state index in [-0.39, 0.29) is 6.10 Å². The fourth-order valence-corrected chi connectivity index (χ4v) is 1.78. The van der Waals surface area contributed by atoms with E-state index in [4.69, 9.17) is 9.47 Å². The van der Waals surface area contributed by atoms with Gasteiger partial charge in [-0.15, -0.1) is 0 Å². The van der Waals surface area contributed by atoms with Gasteiger partial charge in [0.2, 0.25) is 0 Å². The van der Waals surface area contributed by atoms with Gasteiger partial charge in [-0.25, -0.2) is 0 Å². The molecule has 1 fully saturated rings. The Morgan fingerprint density at radius 1 is 1.53 bits per heavy atom. The van der Waals surface area contributed by atoms with Gasteiger partial charge in [-0.1, -0.05) is 6.07 Å². The minimum absolute atomic E-state index is 0.222. The maximum absolute atomic E-state index is 5.73. The molecular weight excluding hydrogens is 190 g/mol. The van der Waals surface area contributed by atoms with Crippen molar-refractivity contribution in [3.8, 4) is 0 Å². The number of pyridine rings is 1. The van der Waals surface area contributed by atoms with Crippen LogP contribution in [-0.2, 0) is 15.9 Å². The van der Waals surface area contributed by atoms with Gasteiger partial charge in [-0.2, -0.15) is 0 Å². The molecule has 0 radical (unpaired) electrons. The lowest BCUT2D eigenvalue weighted by atomic mass is 10.1. The first kappa shape index (κ1) is 10.6. The van der Waals surface area contributed by atoms with E-state index >= 15 is 0 Å². The quantitative estimate of drug-likeness (QED) is 0.761. The predicted molar refractivity (Wildman–Crippen MR) is 57.5 cm³/mol. The van der Waals surface area contributed by atoms with E-state index in [9.17, 15) is 0 Å². The molecule has 0 bridgehead atoms. The Labute approximate surface area is 90.4 Å². The van der Waals surface area contributed by atoms with Gasteiger partial charge >= 0.3 is 0 Å². The molecule has 1 aromatic heterocycles. The fraction of sp³-hybridized carbons (Fsp3) is 0.583. The third-order valence-corrected chi connectivity index (χ3v) is 2.55. The van der Waals surface area contributed by atoms with Crippen LogP contribution in [0, 0.1) is 0 Å². The fourth-order valence-electron chi connectivity index (χ4n) is 1.78. The molecule has 0 aromatic carbocycles. The van der Waals surface area contributed by atoms with Gasteiger partial charge in [-0.05, 0) is 38.3 Å². The van der Waals surface area contributed by atoms with Crippen LogP contribution in [0.2, 0.25) is 0 Å². The van der Waals surface area contributed by atoms with Gasteiger partial charge in [0.05, 0.1) is 12.7 Å². The summed E-state index contributed by atoms with van der Waals surface area (Å²) >= 11 is 0. The second-order valence-electron chi connectivity index (χ2n) is 4.35. The first-order valence-electron chi connectivity index (χ1n) is 5.36. The highest BCUT2D eigenvalue weighted by molar-refractivity contribution is 5.08. The molecule has 3 nitrogen and oxygen atoms in total. The van der Waals surface area contributed by atoms with Crippen LogP contribution in [0.1, 0.15) is 25.8 Å². The molecule has 0 aliphatic carbocycles. The third kappa shape index (κ3) is 3.01. The van der Waals surface area contributed by atoms with Crippen LogP contribution < -0.4 is 0 Å². The van der Waals surface area contributed by atoms with E-state index in [1.165, 1.54) is 5.56 Å². The Hall–Kier alpha value is -0.930. The minimum atomic E-state index is -0.403. The van der Waals surface area contributed by atoms with Crippen molar-refractivity contribution >= 4 is 0 Å². The summed E-state index contributed by atoms with van der Waals surface area (Å²) in [6.45, 7) is 4.61. The number of nitrogens with zero attached hydrogens (tertiary/aromatic N) is 1. The van der Waals surface area contributed by atoms with Gasteiger partial charge in [0.25, 0.3) is 0 Å². The summed E-state index contributed by atoms with van der Waals surface area (Å²) in [6, 6.07) is 4.05. The molecule has 1 aliphatic heterocycles. The second kappa shape index (κ2) is 4.29. The van der Waals surface area contributed by atoms with Gasteiger partial charge in [0.15, 0.2) is 5.79 Å². The SMILES string of the molecule is CC1(C)OC[C@@H](CCc2cccnc2)O1. The Balaban J connectivity index is 1.80. The highest BCUT2D eigenvalue weighted by atomic mass is 16.7. The monoisotopic (exact) mass is 207 g/mol. The topological polar surface area (TPSA) is 31.4 Å². The molecule has 0 N–H and O–H groups in total. The summed E-state index contributed by atoms with van der Waals surface area (Å²) in [4.78, 5) is 4.09. The molecule has 2 heterocycles. The van der Waals surface area contributed by atoms with Crippen LogP contribution >= 0.6 is 0 Å². The normalized spacial score (nSPS) is 24.3. The summed E-state index contributed by atoms with van der Waals surface area (Å²) in [6.07, 6.45) is 5.91. The number of rotatable bonds is 3. The van der Waals surface area contributed by atoms with E-state index in [0.29, 0.717) is 6.61 Å². The number of aromatic nitrogens is 1. The van der Waals surface area contributed by atoms with Crippen molar-refractivity contribution in [2.45, 2.75) is 38.6 Å². The zero-order chi connectivity index (χ0) is 10.7. The maximum atomic E-state index is 5.73. The van der Waals surface area contributed by atoms with E-state index in [1.807, 2.05) is 26.1 Å². The molecule has 3 heteroatoms. The predicted octanol–water partition coefficient (Wildman–Crippen LogP) is 2.17. The van der Waals surface area contributed by atoms with Gasteiger partial charge in [-0.3, -0.25) is 4.98 Å². The summed E-state index contributed by atoms with van der Waals surface area (Å²) < 4.78 is 11.2. The van der Waals surface area contributed by atoms with Crippen molar-refractivity contribution in [2.24, 2.45) is 0 Å². The molecule has 1 aromatic rings. The average Bonchev–Trinajstić information content (AvgIpc) is 2.57. The zero-order valence-electron chi connectivity index (χ0n) is 9.27. The highest BCUT2D eigenvalue weighted by Gasteiger charge is 2.32. The van der Waals surface area contributed by atoms with E-state index in [1.54, 1.807) is 6.20 Å². The molecular formula is C12H17NO2. The smallest absolute Gasteiger partial charge is 0.163 e. The largest absolute Gasteiger partial charge is 0.348 e. The van der Waals surface area contributed by atoms with Gasteiger partial charge < -0.3 is 9.47 Å². The molecule has 0 saturated carbocycles. The van der Waals surface area contributed by atoms with Crippen molar-refractivity contribution in [1.82, 2.24) is 4.98 Å². The van der Waals surface area contributed by atoms with E-state index in [0.717, 1.165) is 12.8 Å². The average molecular weight is 207 g/mol. The molecule has 2 rings (SSSR count). The maximum Gasteiger partial charge on any atom is 0.163 e. The summed E-state index contributed by atoms with van der Waals surface area (Å²) in [5.74, 6) is -0.403. The van der Waals surface area contributed by atoms with Crippen molar-refractivity contribution in [3.63, 3.8) is 0 Å². The van der Waals surface area contributed by atoms with E-state index < -0.39 is 5.79 Å². The lowest BCUT2D eigenvalue weighted by Crippen LogP contribution is -2.21. The Bertz CT molecular complexity index is 311. The number of hydrogen-bond acceptors (Lipinski definition) is 3. The van der Waals surface area contributed by atoms with Crippen LogP contribution in [-0.4, -0.2) is 23.5 Å². The highest BCUT2D eigenvalue weighted by Crippen LogP contribution is 2.24. The summed E-state index contributed by atoms with van der Waals surface area (Å²) in [7, 11) is 0. The Morgan fingerprint density at radius 2 is 2.40 bits per heavy atom. The number of aryl methyl sites for hydroxylation is 1. The van der Waals surface area contributed by atoms with Crippen LogP contribution in [0.15, 0.2) is 24.5 Å². The lowest BCUT2D eigenvalue weighted by molar-refractivity contribution is -0.138. The zero-order valence-corrected chi connectivity index (χ0v) is 9.27.